The van der Waals surface area contributed by atoms with Gasteiger partial charge in [0.2, 0.25) is 0 Å². The van der Waals surface area contributed by atoms with E-state index in [2.05, 4.69) is 56.1 Å². The molecule has 2 aromatic rings. The van der Waals surface area contributed by atoms with Crippen molar-refractivity contribution < 1.29 is 38.4 Å². The number of amides is 1. The van der Waals surface area contributed by atoms with Crippen molar-refractivity contribution >= 4 is 34.9 Å². The molecule has 3 saturated heterocycles. The first-order valence-corrected chi connectivity index (χ1v) is 22.5. The summed E-state index contributed by atoms with van der Waals surface area (Å²) in [5.74, 6) is 3.51. The van der Waals surface area contributed by atoms with Gasteiger partial charge < -0.3 is 34.3 Å². The van der Waals surface area contributed by atoms with Crippen LogP contribution in [0.2, 0.25) is 0 Å². The maximum absolute atomic E-state index is 14.7. The number of cyclic esters (lactones) is 1. The van der Waals surface area contributed by atoms with Crippen LogP contribution in [0.25, 0.3) is 0 Å². The molecule has 4 aliphatic rings. The Kier molecular flexibility index (Phi) is 14.7. The largest absolute Gasteiger partial charge is 0.458 e. The fourth-order valence-corrected chi connectivity index (χ4v) is 11.1. The van der Waals surface area contributed by atoms with Crippen molar-refractivity contribution in [3.05, 3.63) is 57.8 Å². The summed E-state index contributed by atoms with van der Waals surface area (Å²) in [7, 11) is 3.85. The van der Waals surface area contributed by atoms with Crippen LogP contribution in [-0.4, -0.2) is 114 Å². The van der Waals surface area contributed by atoms with Crippen LogP contribution in [0, 0.1) is 40.9 Å². The van der Waals surface area contributed by atoms with E-state index in [1.54, 1.807) is 30.1 Å². The number of rotatable bonds is 9. The molecular formula is C47H66N4O8S. The quantitative estimate of drug-likeness (QED) is 0.164. The molecule has 0 radical (unpaired) electrons. The van der Waals surface area contributed by atoms with E-state index in [0.717, 1.165) is 23.7 Å². The number of ether oxygens (including phenoxy) is 4. The number of Topliss-reactive ketones (excluding diaryl/α,β-unsaturated/α-hetero) is 1. The van der Waals surface area contributed by atoms with Crippen LogP contribution < -0.4 is 5.32 Å². The lowest BCUT2D eigenvalue weighted by Gasteiger charge is -2.47. The number of fused-ring (bicyclic) bond motifs is 1. The first-order chi connectivity index (χ1) is 28.5. The molecule has 12 nitrogen and oxygen atoms in total. The molecule has 1 aromatic heterocycles. The minimum atomic E-state index is -1.17. The van der Waals surface area contributed by atoms with Crippen LogP contribution in [0.15, 0.2) is 47.5 Å². The van der Waals surface area contributed by atoms with Crippen molar-refractivity contribution in [1.82, 2.24) is 15.1 Å². The molecule has 6 rings (SSSR count). The van der Waals surface area contributed by atoms with Crippen LogP contribution in [0.3, 0.4) is 0 Å². The Labute approximate surface area is 360 Å². The van der Waals surface area contributed by atoms with Crippen molar-refractivity contribution in [3.8, 4) is 11.8 Å². The third-order valence-electron chi connectivity index (χ3n) is 13.3. The van der Waals surface area contributed by atoms with E-state index >= 15 is 0 Å². The Morgan fingerprint density at radius 3 is 2.47 bits per heavy atom. The molecule has 4 aliphatic heterocycles. The second kappa shape index (κ2) is 19.2. The number of aliphatic imine (C=N–C) groups is 1. The third kappa shape index (κ3) is 9.69. The first kappa shape index (κ1) is 45.9. The van der Waals surface area contributed by atoms with Crippen LogP contribution in [0.5, 0.6) is 0 Å². The molecule has 2 bridgehead atoms. The zero-order valence-corrected chi connectivity index (χ0v) is 37.9. The molecule has 1 unspecified atom stereocenters. The fraction of sp³-hybridized carbons (Fsp3) is 0.660. The van der Waals surface area contributed by atoms with Crippen LogP contribution >= 0.6 is 11.3 Å². The molecule has 13 atom stereocenters. The van der Waals surface area contributed by atoms with Crippen molar-refractivity contribution in [3.63, 3.8) is 0 Å². The molecule has 3 fully saturated rings. The molecule has 2 N–H and O–H groups in total. The lowest BCUT2D eigenvalue weighted by atomic mass is 9.66. The maximum atomic E-state index is 14.7. The normalized spacial score (nSPS) is 36.4. The lowest BCUT2D eigenvalue weighted by molar-refractivity contribution is -0.286. The molecule has 1 amide bonds. The van der Waals surface area contributed by atoms with Crippen LogP contribution in [-0.2, 0) is 41.6 Å². The number of nitrogens with zero attached hydrogens (tertiary/aromatic N) is 3. The van der Waals surface area contributed by atoms with E-state index in [0.29, 0.717) is 38.8 Å². The summed E-state index contributed by atoms with van der Waals surface area (Å²) in [4.78, 5) is 53.2. The smallest absolute Gasteiger partial charge is 0.410 e. The highest BCUT2D eigenvalue weighted by atomic mass is 32.1. The number of hydrogen-bond acceptors (Lipinski definition) is 12. The van der Waals surface area contributed by atoms with Crippen molar-refractivity contribution in [2.45, 2.75) is 143 Å². The second-order valence-corrected chi connectivity index (χ2v) is 19.4. The van der Waals surface area contributed by atoms with Gasteiger partial charge in [-0.05, 0) is 77.7 Å². The lowest BCUT2D eigenvalue weighted by Crippen LogP contribution is -2.58. The zero-order valence-electron chi connectivity index (χ0n) is 37.1. The summed E-state index contributed by atoms with van der Waals surface area (Å²) in [6.45, 7) is 17.6. The Balaban J connectivity index is 1.38. The topological polar surface area (TPSA) is 139 Å². The average molecular weight is 847 g/mol. The average Bonchev–Trinajstić information content (AvgIpc) is 3.70. The highest BCUT2D eigenvalue weighted by molar-refractivity contribution is 7.12. The predicted molar refractivity (Wildman–Crippen MR) is 232 cm³/mol. The van der Waals surface area contributed by atoms with Crippen molar-refractivity contribution in [1.29, 1.82) is 0 Å². The van der Waals surface area contributed by atoms with E-state index in [-0.39, 0.29) is 29.8 Å². The third-order valence-corrected chi connectivity index (χ3v) is 14.4. The number of likely N-dealkylation sites (N-methyl/N-ethyl adjacent to an activating group) is 1. The van der Waals surface area contributed by atoms with Gasteiger partial charge >= 0.3 is 12.1 Å². The zero-order chi connectivity index (χ0) is 43.5. The summed E-state index contributed by atoms with van der Waals surface area (Å²) in [6, 6.07) is 13.7. The van der Waals surface area contributed by atoms with Gasteiger partial charge in [0, 0.05) is 59.9 Å². The second-order valence-electron chi connectivity index (χ2n) is 18.3. The number of aliphatic hydroxyl groups excluding tert-OH is 1. The van der Waals surface area contributed by atoms with Gasteiger partial charge in [-0.3, -0.25) is 19.5 Å². The summed E-state index contributed by atoms with van der Waals surface area (Å²) >= 11 is 1.64. The summed E-state index contributed by atoms with van der Waals surface area (Å²) in [6.07, 6.45) is -2.51. The number of carbonyl (C=O) groups is 3. The number of ketones is 1. The Morgan fingerprint density at radius 2 is 1.77 bits per heavy atom. The van der Waals surface area contributed by atoms with E-state index in [1.165, 1.54) is 10.4 Å². The molecular weight excluding hydrogens is 781 g/mol. The number of hydrogen-bond donors (Lipinski definition) is 2. The molecule has 0 saturated carbocycles. The molecule has 60 heavy (non-hydrogen) atoms. The summed E-state index contributed by atoms with van der Waals surface area (Å²) in [5.41, 5.74) is 0.154. The molecule has 13 heteroatoms. The van der Waals surface area contributed by atoms with Crippen molar-refractivity contribution in [2.24, 2.45) is 34.1 Å². The van der Waals surface area contributed by atoms with Gasteiger partial charge in [-0.25, -0.2) is 4.79 Å². The van der Waals surface area contributed by atoms with E-state index in [9.17, 15) is 19.5 Å². The number of benzene rings is 1. The van der Waals surface area contributed by atoms with Gasteiger partial charge in [-0.15, -0.1) is 11.3 Å². The minimum Gasteiger partial charge on any atom is -0.458 e. The highest BCUT2D eigenvalue weighted by Crippen LogP contribution is 2.46. The van der Waals surface area contributed by atoms with Gasteiger partial charge in [0.1, 0.15) is 18.1 Å². The van der Waals surface area contributed by atoms with Gasteiger partial charge in [0.15, 0.2) is 17.7 Å². The molecule has 0 aliphatic carbocycles. The number of carbonyl (C=O) groups excluding carboxylic acids is 3. The predicted octanol–water partition coefficient (Wildman–Crippen LogP) is 6.47. The minimum absolute atomic E-state index is 0.141. The highest BCUT2D eigenvalue weighted by Gasteiger charge is 2.60. The molecule has 1 aromatic carbocycles. The van der Waals surface area contributed by atoms with E-state index in [4.69, 9.17) is 23.9 Å². The Bertz CT molecular complexity index is 1930. The molecule has 328 valence electrons. The van der Waals surface area contributed by atoms with Crippen LogP contribution in [0.1, 0.15) is 96.4 Å². The summed E-state index contributed by atoms with van der Waals surface area (Å²) < 4.78 is 25.7. The number of aliphatic hydroxyl groups is 1. The number of thiophene rings is 1. The van der Waals surface area contributed by atoms with Gasteiger partial charge in [0.05, 0.1) is 29.7 Å². The van der Waals surface area contributed by atoms with Gasteiger partial charge in [-0.1, -0.05) is 76.8 Å². The molecule has 5 heterocycles. The van der Waals surface area contributed by atoms with E-state index in [1.807, 2.05) is 64.0 Å². The number of nitrogens with one attached hydrogen (secondary N) is 1. The van der Waals surface area contributed by atoms with Gasteiger partial charge in [0.25, 0.3) is 0 Å². The van der Waals surface area contributed by atoms with Crippen LogP contribution in [0.4, 0.5) is 4.79 Å². The van der Waals surface area contributed by atoms with Gasteiger partial charge in [-0.2, -0.15) is 0 Å². The maximum Gasteiger partial charge on any atom is 0.410 e. The Morgan fingerprint density at radius 1 is 1.03 bits per heavy atom. The number of esters is 1. The molecule has 0 spiro atoms. The SMILES string of the molecule is CC[C@@H]1OC(=O)[C@H](C)C(=O)[C@H](C)[C@@H](OC2O[C@H](C)C[C@H](N(C)C)[C@H]2O)[C@@](C)(CC#Cc2ccc(CNCc3ccccc3)s2)C[C@@H](C)C2=NCCN3C(=O)O[C@@]1(C)[C@H]3[C@@H]2C. The summed E-state index contributed by atoms with van der Waals surface area (Å²) in [5, 5.41) is 15.3. The first-order valence-electron chi connectivity index (χ1n) is 21.7. The fourth-order valence-electron chi connectivity index (χ4n) is 10.3. The van der Waals surface area contributed by atoms with E-state index < -0.39 is 65.6 Å². The standard InChI is InChI=1S/C47H66N4O8S/c1-11-37-47(8)41-30(4)38(49-22-23-51(41)45(55)59-47)28(2)25-46(7,21-15-18-34-19-20-35(60-34)27-48-26-33-16-13-12-14-17-33)42(31(5)39(52)32(6)43(54)57-37)58-44-40(53)36(50(9)10)24-29(3)56-44/h12-14,16-17,19-20,28-32,36-37,40-42,44,48,53H,11,21-27H2,1-10H3/t28-,29-,30-,31+,32-,36+,37+,40-,41-,42-,44?,46+,47-/m1/s1. The monoisotopic (exact) mass is 846 g/mol. The Hall–Kier alpha value is -3.64. The van der Waals surface area contributed by atoms with Crippen molar-refractivity contribution in [2.75, 3.05) is 27.2 Å².